The monoisotopic (exact) mass is 243 g/mol. The summed E-state index contributed by atoms with van der Waals surface area (Å²) in [6.07, 6.45) is 3.58. The molecule has 1 aromatic carbocycles. The number of nitrogens with two attached hydrogens (primary N) is 1. The third kappa shape index (κ3) is 1.78. The van der Waals surface area contributed by atoms with Gasteiger partial charge in [0.15, 0.2) is 11.6 Å². The number of benzene rings is 1. The standard InChI is InChI=1S/C12H15ClFNO/c1-16-9-5-4-8(13)10(11(9)14)12(15)6-2-3-7-12/h4-5H,2-3,6-7,15H2,1H3. The number of hydrogen-bond acceptors (Lipinski definition) is 2. The Morgan fingerprint density at radius 1 is 1.38 bits per heavy atom. The van der Waals surface area contributed by atoms with Crippen LogP contribution in [0, 0.1) is 5.82 Å². The molecule has 0 unspecified atom stereocenters. The largest absolute Gasteiger partial charge is 0.494 e. The van der Waals surface area contributed by atoms with Crippen LogP contribution >= 0.6 is 11.6 Å². The van der Waals surface area contributed by atoms with E-state index < -0.39 is 11.4 Å². The van der Waals surface area contributed by atoms with E-state index in [1.165, 1.54) is 13.2 Å². The maximum atomic E-state index is 14.1. The Kier molecular flexibility index (Phi) is 3.08. The van der Waals surface area contributed by atoms with Crippen LogP contribution in [0.2, 0.25) is 5.02 Å². The first-order valence-electron chi connectivity index (χ1n) is 5.40. The third-order valence-electron chi connectivity index (χ3n) is 3.27. The normalized spacial score (nSPS) is 18.8. The minimum Gasteiger partial charge on any atom is -0.494 e. The quantitative estimate of drug-likeness (QED) is 0.866. The number of methoxy groups -OCH3 is 1. The molecule has 16 heavy (non-hydrogen) atoms. The highest BCUT2D eigenvalue weighted by Crippen LogP contribution is 2.42. The molecule has 1 saturated carbocycles. The minimum atomic E-state index is -0.629. The second kappa shape index (κ2) is 4.22. The van der Waals surface area contributed by atoms with E-state index in [1.54, 1.807) is 6.07 Å². The van der Waals surface area contributed by atoms with Gasteiger partial charge >= 0.3 is 0 Å². The van der Waals surface area contributed by atoms with E-state index >= 15 is 0 Å². The maximum Gasteiger partial charge on any atom is 0.171 e. The molecule has 0 radical (unpaired) electrons. The van der Waals surface area contributed by atoms with E-state index in [2.05, 4.69) is 0 Å². The molecule has 1 aliphatic carbocycles. The zero-order valence-corrected chi connectivity index (χ0v) is 9.98. The number of rotatable bonds is 2. The molecule has 2 rings (SSSR count). The molecule has 2 N–H and O–H groups in total. The fourth-order valence-corrected chi connectivity index (χ4v) is 2.74. The fourth-order valence-electron chi connectivity index (χ4n) is 2.40. The number of hydrogen-bond donors (Lipinski definition) is 1. The van der Waals surface area contributed by atoms with E-state index in [1.807, 2.05) is 0 Å². The molecule has 0 bridgehead atoms. The second-order valence-corrected chi connectivity index (χ2v) is 4.71. The lowest BCUT2D eigenvalue weighted by molar-refractivity contribution is 0.368. The zero-order valence-electron chi connectivity index (χ0n) is 9.22. The number of halogens is 2. The molecule has 88 valence electrons. The van der Waals surface area contributed by atoms with Crippen LogP contribution in [0.15, 0.2) is 12.1 Å². The smallest absolute Gasteiger partial charge is 0.171 e. The van der Waals surface area contributed by atoms with Crippen LogP contribution in [0.3, 0.4) is 0 Å². The molecule has 0 aromatic heterocycles. The van der Waals surface area contributed by atoms with Crippen LogP contribution in [-0.2, 0) is 5.54 Å². The van der Waals surface area contributed by atoms with Gasteiger partial charge in [0.1, 0.15) is 0 Å². The van der Waals surface area contributed by atoms with Crippen molar-refractivity contribution in [1.29, 1.82) is 0 Å². The topological polar surface area (TPSA) is 35.2 Å². The van der Waals surface area contributed by atoms with Gasteiger partial charge in [-0.2, -0.15) is 0 Å². The summed E-state index contributed by atoms with van der Waals surface area (Å²) < 4.78 is 19.1. The Bertz CT molecular complexity index is 402. The van der Waals surface area contributed by atoms with Crippen molar-refractivity contribution in [1.82, 2.24) is 0 Å². The molecule has 0 amide bonds. The van der Waals surface area contributed by atoms with Gasteiger partial charge in [0.05, 0.1) is 7.11 Å². The molecule has 0 spiro atoms. The Morgan fingerprint density at radius 2 is 2.00 bits per heavy atom. The molecule has 1 aliphatic rings. The lowest BCUT2D eigenvalue weighted by Crippen LogP contribution is -2.34. The first kappa shape index (κ1) is 11.7. The second-order valence-electron chi connectivity index (χ2n) is 4.30. The third-order valence-corrected chi connectivity index (χ3v) is 3.58. The van der Waals surface area contributed by atoms with Gasteiger partial charge in [0, 0.05) is 16.1 Å². The summed E-state index contributed by atoms with van der Waals surface area (Å²) in [5.41, 5.74) is 6.00. The average molecular weight is 244 g/mol. The molecule has 0 saturated heterocycles. The molecular weight excluding hydrogens is 229 g/mol. The Morgan fingerprint density at radius 3 is 2.56 bits per heavy atom. The van der Waals surface area contributed by atoms with Crippen molar-refractivity contribution in [2.45, 2.75) is 31.2 Å². The van der Waals surface area contributed by atoms with Crippen molar-refractivity contribution in [3.63, 3.8) is 0 Å². The fraction of sp³-hybridized carbons (Fsp3) is 0.500. The maximum absolute atomic E-state index is 14.1. The van der Waals surface area contributed by atoms with E-state index in [9.17, 15) is 4.39 Å². The summed E-state index contributed by atoms with van der Waals surface area (Å²) in [4.78, 5) is 0. The Balaban J connectivity index is 2.54. The summed E-state index contributed by atoms with van der Waals surface area (Å²) in [5.74, 6) is -0.212. The SMILES string of the molecule is COc1ccc(Cl)c(C2(N)CCCC2)c1F. The highest BCUT2D eigenvalue weighted by atomic mass is 35.5. The van der Waals surface area contributed by atoms with E-state index in [-0.39, 0.29) is 5.75 Å². The molecule has 0 heterocycles. The van der Waals surface area contributed by atoms with Crippen molar-refractivity contribution in [2.24, 2.45) is 5.73 Å². The van der Waals surface area contributed by atoms with Gasteiger partial charge < -0.3 is 10.5 Å². The highest BCUT2D eigenvalue weighted by molar-refractivity contribution is 6.31. The molecule has 4 heteroatoms. The predicted molar refractivity (Wildman–Crippen MR) is 62.3 cm³/mol. The first-order chi connectivity index (χ1) is 7.58. The van der Waals surface area contributed by atoms with Crippen LogP contribution in [0.25, 0.3) is 0 Å². The molecule has 2 nitrogen and oxygen atoms in total. The van der Waals surface area contributed by atoms with Crippen LogP contribution in [-0.4, -0.2) is 7.11 Å². The van der Waals surface area contributed by atoms with Gasteiger partial charge in [-0.3, -0.25) is 0 Å². The van der Waals surface area contributed by atoms with Crippen LogP contribution in [0.4, 0.5) is 4.39 Å². The van der Waals surface area contributed by atoms with Crippen molar-refractivity contribution in [2.75, 3.05) is 7.11 Å². The Labute approximate surface area is 99.5 Å². The zero-order chi connectivity index (χ0) is 11.8. The van der Waals surface area contributed by atoms with Crippen LogP contribution in [0.1, 0.15) is 31.2 Å². The van der Waals surface area contributed by atoms with Crippen molar-refractivity contribution < 1.29 is 9.13 Å². The van der Waals surface area contributed by atoms with Crippen molar-refractivity contribution in [3.8, 4) is 5.75 Å². The first-order valence-corrected chi connectivity index (χ1v) is 5.77. The number of ether oxygens (including phenoxy) is 1. The van der Waals surface area contributed by atoms with Gasteiger partial charge in [0.2, 0.25) is 0 Å². The van der Waals surface area contributed by atoms with E-state index in [4.69, 9.17) is 22.1 Å². The molecular formula is C12H15ClFNO. The molecule has 1 aromatic rings. The summed E-state index contributed by atoms with van der Waals surface area (Å²) >= 11 is 6.05. The summed E-state index contributed by atoms with van der Waals surface area (Å²) in [6.45, 7) is 0. The highest BCUT2D eigenvalue weighted by Gasteiger charge is 2.36. The van der Waals surface area contributed by atoms with Crippen molar-refractivity contribution >= 4 is 11.6 Å². The van der Waals surface area contributed by atoms with E-state index in [0.717, 1.165) is 25.7 Å². The molecule has 0 atom stereocenters. The van der Waals surface area contributed by atoms with Crippen LogP contribution < -0.4 is 10.5 Å². The van der Waals surface area contributed by atoms with Gasteiger partial charge in [0.25, 0.3) is 0 Å². The molecule has 1 fully saturated rings. The average Bonchev–Trinajstić information content (AvgIpc) is 2.66. The summed E-state index contributed by atoms with van der Waals surface area (Å²) in [5, 5.41) is 0.391. The lowest BCUT2D eigenvalue weighted by atomic mass is 9.88. The summed E-state index contributed by atoms with van der Waals surface area (Å²) in [7, 11) is 1.44. The van der Waals surface area contributed by atoms with Gasteiger partial charge in [-0.25, -0.2) is 4.39 Å². The lowest BCUT2D eigenvalue weighted by Gasteiger charge is -2.26. The van der Waals surface area contributed by atoms with E-state index in [0.29, 0.717) is 10.6 Å². The van der Waals surface area contributed by atoms with Gasteiger partial charge in [-0.05, 0) is 25.0 Å². The van der Waals surface area contributed by atoms with Gasteiger partial charge in [-0.1, -0.05) is 24.4 Å². The predicted octanol–water partition coefficient (Wildman–Crippen LogP) is 3.22. The Hall–Kier alpha value is -0.800. The van der Waals surface area contributed by atoms with Gasteiger partial charge in [-0.15, -0.1) is 0 Å². The minimum absolute atomic E-state index is 0.205. The molecule has 0 aliphatic heterocycles. The van der Waals surface area contributed by atoms with Crippen LogP contribution in [0.5, 0.6) is 5.75 Å². The van der Waals surface area contributed by atoms with Crippen molar-refractivity contribution in [3.05, 3.63) is 28.5 Å². The summed E-state index contributed by atoms with van der Waals surface area (Å²) in [6, 6.07) is 3.17.